The Labute approximate surface area is 208 Å². The van der Waals surface area contributed by atoms with Crippen LogP contribution in [0, 0.1) is 5.92 Å². The Kier molecular flexibility index (Phi) is 8.00. The van der Waals surface area contributed by atoms with Gasteiger partial charge in [0.25, 0.3) is 0 Å². The first kappa shape index (κ1) is 25.1. The van der Waals surface area contributed by atoms with Crippen LogP contribution in [-0.2, 0) is 14.8 Å². The number of piperazine rings is 1. The number of hydrogen-bond donors (Lipinski definition) is 1. The molecule has 35 heavy (non-hydrogen) atoms. The fraction of sp³-hybridized carbons (Fsp3) is 0.321. The van der Waals surface area contributed by atoms with E-state index in [0.717, 1.165) is 0 Å². The van der Waals surface area contributed by atoms with Crippen LogP contribution >= 0.6 is 0 Å². The summed E-state index contributed by atoms with van der Waals surface area (Å²) in [7, 11) is -3.79. The molecule has 3 aromatic rings. The van der Waals surface area contributed by atoms with Gasteiger partial charge in [0.2, 0.25) is 15.9 Å². The van der Waals surface area contributed by atoms with Gasteiger partial charge in [-0.2, -0.15) is 4.72 Å². The van der Waals surface area contributed by atoms with Crippen molar-refractivity contribution in [3.05, 3.63) is 102 Å². The molecular weight excluding hydrogens is 458 g/mol. The van der Waals surface area contributed by atoms with Crippen LogP contribution in [0.25, 0.3) is 0 Å². The number of benzene rings is 3. The van der Waals surface area contributed by atoms with E-state index in [0.29, 0.717) is 26.2 Å². The highest BCUT2D eigenvalue weighted by Crippen LogP contribution is 2.29. The molecule has 1 N–H and O–H groups in total. The third kappa shape index (κ3) is 5.99. The van der Waals surface area contributed by atoms with Gasteiger partial charge in [0.1, 0.15) is 6.04 Å². The molecule has 0 aliphatic carbocycles. The van der Waals surface area contributed by atoms with E-state index in [1.165, 1.54) is 23.3 Å². The summed E-state index contributed by atoms with van der Waals surface area (Å²) in [5, 5.41) is 0. The van der Waals surface area contributed by atoms with E-state index in [9.17, 15) is 13.2 Å². The lowest BCUT2D eigenvalue weighted by Crippen LogP contribution is -2.56. The maximum atomic E-state index is 13.4. The zero-order valence-electron chi connectivity index (χ0n) is 20.2. The second-order valence-electron chi connectivity index (χ2n) is 9.24. The Morgan fingerprint density at radius 2 is 1.20 bits per heavy atom. The molecule has 0 radical (unpaired) electrons. The third-order valence-electron chi connectivity index (χ3n) is 6.49. The minimum absolute atomic E-state index is 0.104. The molecule has 1 heterocycles. The van der Waals surface area contributed by atoms with E-state index in [1.54, 1.807) is 23.1 Å². The lowest BCUT2D eigenvalue weighted by atomic mass is 9.96. The number of nitrogens with zero attached hydrogens (tertiary/aromatic N) is 2. The van der Waals surface area contributed by atoms with Crippen LogP contribution in [-0.4, -0.2) is 56.3 Å². The Morgan fingerprint density at radius 1 is 0.743 bits per heavy atom. The molecule has 184 valence electrons. The van der Waals surface area contributed by atoms with Crippen LogP contribution in [0.15, 0.2) is 95.9 Å². The van der Waals surface area contributed by atoms with Gasteiger partial charge in [-0.15, -0.1) is 0 Å². The summed E-state index contributed by atoms with van der Waals surface area (Å²) in [6, 6.07) is 28.3. The van der Waals surface area contributed by atoms with Gasteiger partial charge in [-0.05, 0) is 29.2 Å². The van der Waals surface area contributed by atoms with Crippen LogP contribution < -0.4 is 4.72 Å². The highest BCUT2D eigenvalue weighted by molar-refractivity contribution is 7.89. The first-order valence-electron chi connectivity index (χ1n) is 12.1. The third-order valence-corrected chi connectivity index (χ3v) is 7.95. The predicted molar refractivity (Wildman–Crippen MR) is 138 cm³/mol. The lowest BCUT2D eigenvalue weighted by Gasteiger charge is -2.41. The molecule has 3 aromatic carbocycles. The van der Waals surface area contributed by atoms with Gasteiger partial charge in [-0.1, -0.05) is 92.7 Å². The average Bonchev–Trinajstić information content (AvgIpc) is 2.89. The van der Waals surface area contributed by atoms with Gasteiger partial charge in [0, 0.05) is 26.2 Å². The molecule has 0 saturated carbocycles. The van der Waals surface area contributed by atoms with E-state index in [4.69, 9.17) is 0 Å². The minimum Gasteiger partial charge on any atom is -0.339 e. The molecule has 1 aliphatic rings. The van der Waals surface area contributed by atoms with Gasteiger partial charge in [-0.3, -0.25) is 9.69 Å². The smallest absolute Gasteiger partial charge is 0.241 e. The SMILES string of the molecule is CC(C)C(NS(=O)(=O)c1ccccc1)C(=O)N1CCN(C(c2ccccc2)c2ccccc2)CC1. The van der Waals surface area contributed by atoms with Gasteiger partial charge in [0.15, 0.2) is 0 Å². The van der Waals surface area contributed by atoms with Crippen molar-refractivity contribution in [2.45, 2.75) is 30.8 Å². The van der Waals surface area contributed by atoms with Crippen LogP contribution in [0.1, 0.15) is 31.0 Å². The van der Waals surface area contributed by atoms with Gasteiger partial charge in [-0.25, -0.2) is 8.42 Å². The number of hydrogen-bond acceptors (Lipinski definition) is 4. The van der Waals surface area contributed by atoms with E-state index >= 15 is 0 Å². The van der Waals surface area contributed by atoms with Crippen molar-refractivity contribution in [3.8, 4) is 0 Å². The second kappa shape index (κ2) is 11.2. The van der Waals surface area contributed by atoms with Gasteiger partial charge < -0.3 is 4.90 Å². The molecule has 1 amide bonds. The van der Waals surface area contributed by atoms with Crippen molar-refractivity contribution in [1.82, 2.24) is 14.5 Å². The van der Waals surface area contributed by atoms with Gasteiger partial charge in [0.05, 0.1) is 10.9 Å². The van der Waals surface area contributed by atoms with E-state index < -0.39 is 16.1 Å². The van der Waals surface area contributed by atoms with E-state index in [1.807, 2.05) is 26.0 Å². The molecule has 1 atom stereocenters. The summed E-state index contributed by atoms with van der Waals surface area (Å²) in [6.07, 6.45) is 0. The molecule has 4 rings (SSSR count). The van der Waals surface area contributed by atoms with E-state index in [2.05, 4.69) is 58.2 Å². The fourth-order valence-corrected chi connectivity index (χ4v) is 5.95. The number of carbonyl (C=O) groups excluding carboxylic acids is 1. The van der Waals surface area contributed by atoms with Crippen molar-refractivity contribution < 1.29 is 13.2 Å². The van der Waals surface area contributed by atoms with Crippen molar-refractivity contribution in [3.63, 3.8) is 0 Å². The fourth-order valence-electron chi connectivity index (χ4n) is 4.59. The summed E-state index contributed by atoms with van der Waals surface area (Å²) in [6.45, 7) is 6.24. The monoisotopic (exact) mass is 491 g/mol. The summed E-state index contributed by atoms with van der Waals surface area (Å²) in [5.41, 5.74) is 2.43. The average molecular weight is 492 g/mol. The van der Waals surface area contributed by atoms with Crippen molar-refractivity contribution in [2.75, 3.05) is 26.2 Å². The highest BCUT2D eigenvalue weighted by atomic mass is 32.2. The Morgan fingerprint density at radius 3 is 1.66 bits per heavy atom. The number of sulfonamides is 1. The zero-order chi connectivity index (χ0) is 24.8. The maximum absolute atomic E-state index is 13.4. The zero-order valence-corrected chi connectivity index (χ0v) is 21.1. The van der Waals surface area contributed by atoms with Crippen molar-refractivity contribution in [1.29, 1.82) is 0 Å². The molecule has 1 unspecified atom stereocenters. The largest absolute Gasteiger partial charge is 0.339 e. The first-order valence-corrected chi connectivity index (χ1v) is 13.6. The number of carbonyl (C=O) groups is 1. The van der Waals surface area contributed by atoms with E-state index in [-0.39, 0.29) is 22.8 Å². The Bertz CT molecular complexity index is 1150. The van der Waals surface area contributed by atoms with Crippen LogP contribution in [0.5, 0.6) is 0 Å². The van der Waals surface area contributed by atoms with Gasteiger partial charge >= 0.3 is 0 Å². The summed E-state index contributed by atoms with van der Waals surface area (Å²) in [4.78, 5) is 17.8. The number of rotatable bonds is 8. The minimum atomic E-state index is -3.79. The molecule has 0 aromatic heterocycles. The quantitative estimate of drug-likeness (QED) is 0.519. The first-order chi connectivity index (χ1) is 16.9. The molecule has 7 heteroatoms. The van der Waals surface area contributed by atoms with Crippen LogP contribution in [0.3, 0.4) is 0 Å². The number of amides is 1. The number of nitrogens with one attached hydrogen (secondary N) is 1. The highest BCUT2D eigenvalue weighted by Gasteiger charge is 2.34. The predicted octanol–water partition coefficient (Wildman–Crippen LogP) is 3.92. The molecule has 1 aliphatic heterocycles. The summed E-state index contributed by atoms with van der Waals surface area (Å²) in [5.74, 6) is -0.351. The Hall–Kier alpha value is -3.00. The molecular formula is C28H33N3O3S. The summed E-state index contributed by atoms with van der Waals surface area (Å²) < 4.78 is 28.5. The standard InChI is InChI=1S/C28H33N3O3S/c1-22(2)26(29-35(33,34)25-16-10-5-11-17-25)28(32)31-20-18-30(19-21-31)27(23-12-6-3-7-13-23)24-14-8-4-9-15-24/h3-17,22,26-27,29H,18-21H2,1-2H3. The molecule has 1 fully saturated rings. The molecule has 1 saturated heterocycles. The second-order valence-corrected chi connectivity index (χ2v) is 11.0. The Balaban J connectivity index is 1.48. The molecule has 0 spiro atoms. The lowest BCUT2D eigenvalue weighted by molar-refractivity contribution is -0.136. The summed E-state index contributed by atoms with van der Waals surface area (Å²) >= 11 is 0. The van der Waals surface area contributed by atoms with Crippen molar-refractivity contribution >= 4 is 15.9 Å². The molecule has 6 nitrogen and oxygen atoms in total. The maximum Gasteiger partial charge on any atom is 0.241 e. The van der Waals surface area contributed by atoms with Crippen molar-refractivity contribution in [2.24, 2.45) is 5.92 Å². The normalized spacial score (nSPS) is 15.9. The van der Waals surface area contributed by atoms with Crippen LogP contribution in [0.2, 0.25) is 0 Å². The molecule has 0 bridgehead atoms. The van der Waals surface area contributed by atoms with Crippen LogP contribution in [0.4, 0.5) is 0 Å². The topological polar surface area (TPSA) is 69.7 Å².